The van der Waals surface area contributed by atoms with Crippen molar-refractivity contribution in [1.29, 1.82) is 0 Å². The van der Waals surface area contributed by atoms with Gasteiger partial charge in [0.05, 0.1) is 28.3 Å². The lowest BCUT2D eigenvalue weighted by Crippen LogP contribution is -2.38. The minimum atomic E-state index is -0.421. The molecule has 4 aromatic rings. The average Bonchev–Trinajstić information content (AvgIpc) is 2.81. The van der Waals surface area contributed by atoms with Gasteiger partial charge in [-0.25, -0.2) is 9.78 Å². The molecule has 6 nitrogen and oxygen atoms in total. The molecule has 0 aliphatic heterocycles. The molecule has 32 heavy (non-hydrogen) atoms. The summed E-state index contributed by atoms with van der Waals surface area (Å²) in [5.74, 6) is 0.521. The van der Waals surface area contributed by atoms with Crippen molar-refractivity contribution < 1.29 is 4.79 Å². The van der Waals surface area contributed by atoms with Crippen molar-refractivity contribution in [2.24, 2.45) is 0 Å². The molecule has 0 bridgehead atoms. The first-order valence-corrected chi connectivity index (χ1v) is 11.2. The Morgan fingerprint density at radius 1 is 1.03 bits per heavy atom. The quantitative estimate of drug-likeness (QED) is 0.386. The molecule has 1 heterocycles. The number of para-hydroxylation sites is 3. The van der Waals surface area contributed by atoms with Gasteiger partial charge in [0.1, 0.15) is 5.82 Å². The Bertz CT molecular complexity index is 1320. The van der Waals surface area contributed by atoms with Crippen molar-refractivity contribution in [3.8, 4) is 5.69 Å². The van der Waals surface area contributed by atoms with Gasteiger partial charge in [0.25, 0.3) is 5.56 Å². The van der Waals surface area contributed by atoms with E-state index in [0.29, 0.717) is 34.5 Å². The van der Waals surface area contributed by atoms with E-state index in [-0.39, 0.29) is 11.6 Å². The van der Waals surface area contributed by atoms with Crippen molar-refractivity contribution in [2.75, 3.05) is 12.4 Å². The van der Waals surface area contributed by atoms with Crippen LogP contribution in [0, 0.1) is 0 Å². The molecule has 0 saturated carbocycles. The molecule has 3 aromatic carbocycles. The van der Waals surface area contributed by atoms with Gasteiger partial charge in [0.15, 0.2) is 0 Å². The van der Waals surface area contributed by atoms with E-state index in [0.717, 1.165) is 4.47 Å². The van der Waals surface area contributed by atoms with Gasteiger partial charge in [-0.15, -0.1) is 0 Å². The SMILES string of the molecule is CCC(c1nc2ccccc2c(=O)n1-c1ccccc1)N(C)C(=O)Nc1ccccc1Br. The smallest absolute Gasteiger partial charge is 0.317 e. The topological polar surface area (TPSA) is 67.2 Å². The highest BCUT2D eigenvalue weighted by atomic mass is 79.9. The monoisotopic (exact) mass is 490 g/mol. The van der Waals surface area contributed by atoms with E-state index in [1.165, 1.54) is 0 Å². The van der Waals surface area contributed by atoms with E-state index in [1.807, 2.05) is 79.7 Å². The lowest BCUT2D eigenvalue weighted by Gasteiger charge is -2.29. The van der Waals surface area contributed by atoms with Crippen LogP contribution in [0.15, 0.2) is 88.1 Å². The maximum atomic E-state index is 13.5. The number of amides is 2. The van der Waals surface area contributed by atoms with E-state index in [4.69, 9.17) is 4.98 Å². The molecule has 0 radical (unpaired) electrons. The highest BCUT2D eigenvalue weighted by molar-refractivity contribution is 9.10. The number of carbonyl (C=O) groups is 1. The number of rotatable bonds is 5. The highest BCUT2D eigenvalue weighted by Gasteiger charge is 2.26. The fraction of sp³-hybridized carbons (Fsp3) is 0.160. The highest BCUT2D eigenvalue weighted by Crippen LogP contribution is 2.27. The standard InChI is InChI=1S/C25H23BrN4O2/c1-3-22(29(2)25(32)28-21-16-10-8-14-19(21)26)23-27-20-15-9-7-13-18(20)24(31)30(23)17-11-5-4-6-12-17/h4-16,22H,3H2,1-2H3,(H,28,32). The summed E-state index contributed by atoms with van der Waals surface area (Å²) >= 11 is 3.46. The number of nitrogens with one attached hydrogen (secondary N) is 1. The first kappa shape index (κ1) is 21.8. The van der Waals surface area contributed by atoms with Crippen molar-refractivity contribution in [1.82, 2.24) is 14.5 Å². The van der Waals surface area contributed by atoms with E-state index in [9.17, 15) is 9.59 Å². The van der Waals surface area contributed by atoms with Crippen molar-refractivity contribution in [3.05, 3.63) is 99.5 Å². The first-order chi connectivity index (χ1) is 15.5. The number of fused-ring (bicyclic) bond motifs is 1. The van der Waals surface area contributed by atoms with E-state index < -0.39 is 6.04 Å². The summed E-state index contributed by atoms with van der Waals surface area (Å²) in [5, 5.41) is 3.47. The Hall–Kier alpha value is -3.45. The molecule has 162 valence electrons. The van der Waals surface area contributed by atoms with E-state index in [2.05, 4.69) is 21.2 Å². The lowest BCUT2D eigenvalue weighted by atomic mass is 10.1. The third kappa shape index (κ3) is 4.16. The summed E-state index contributed by atoms with van der Waals surface area (Å²) in [6.45, 7) is 1.98. The van der Waals surface area contributed by atoms with Gasteiger partial charge in [-0.05, 0) is 58.7 Å². The Morgan fingerprint density at radius 2 is 1.69 bits per heavy atom. The fourth-order valence-corrected chi connectivity index (χ4v) is 4.12. The van der Waals surface area contributed by atoms with Crippen LogP contribution in [-0.4, -0.2) is 27.5 Å². The summed E-state index contributed by atoms with van der Waals surface area (Å²) in [7, 11) is 1.72. The molecule has 0 spiro atoms. The number of carbonyl (C=O) groups excluding carboxylic acids is 1. The van der Waals surface area contributed by atoms with Crippen LogP contribution in [0.5, 0.6) is 0 Å². The number of benzene rings is 3. The molecule has 1 N–H and O–H groups in total. The molecule has 0 saturated heterocycles. The maximum Gasteiger partial charge on any atom is 0.322 e. The summed E-state index contributed by atoms with van der Waals surface area (Å²) in [6, 6.07) is 23.4. The third-order valence-electron chi connectivity index (χ3n) is 5.40. The second-order valence-corrected chi connectivity index (χ2v) is 8.26. The van der Waals surface area contributed by atoms with Crippen LogP contribution in [-0.2, 0) is 0 Å². The maximum absolute atomic E-state index is 13.5. The Labute approximate surface area is 194 Å². The Kier molecular flexibility index (Phi) is 6.37. The molecular formula is C25H23BrN4O2. The number of halogens is 1. The molecule has 0 fully saturated rings. The van der Waals surface area contributed by atoms with Crippen LogP contribution in [0.1, 0.15) is 25.2 Å². The molecule has 7 heteroatoms. The fourth-order valence-electron chi connectivity index (χ4n) is 3.74. The molecule has 0 aliphatic rings. The van der Waals surface area contributed by atoms with Gasteiger partial charge in [-0.2, -0.15) is 0 Å². The zero-order chi connectivity index (χ0) is 22.7. The van der Waals surface area contributed by atoms with Crippen molar-refractivity contribution >= 4 is 38.6 Å². The minimum absolute atomic E-state index is 0.158. The van der Waals surface area contributed by atoms with Crippen LogP contribution in [0.2, 0.25) is 0 Å². The lowest BCUT2D eigenvalue weighted by molar-refractivity contribution is 0.199. The van der Waals surface area contributed by atoms with Gasteiger partial charge in [0, 0.05) is 11.5 Å². The summed E-state index contributed by atoms with van der Waals surface area (Å²) < 4.78 is 2.40. The second kappa shape index (κ2) is 9.36. The Balaban J connectivity index is 1.82. The molecule has 1 atom stereocenters. The number of anilines is 1. The van der Waals surface area contributed by atoms with Crippen molar-refractivity contribution in [2.45, 2.75) is 19.4 Å². The predicted octanol–water partition coefficient (Wildman–Crippen LogP) is 5.76. The Morgan fingerprint density at radius 3 is 2.41 bits per heavy atom. The number of hydrogen-bond acceptors (Lipinski definition) is 3. The number of nitrogens with zero attached hydrogens (tertiary/aromatic N) is 3. The van der Waals surface area contributed by atoms with Crippen LogP contribution in [0.25, 0.3) is 16.6 Å². The van der Waals surface area contributed by atoms with Gasteiger partial charge in [0.2, 0.25) is 0 Å². The molecule has 1 unspecified atom stereocenters. The number of urea groups is 1. The third-order valence-corrected chi connectivity index (χ3v) is 6.10. The van der Waals surface area contributed by atoms with Crippen LogP contribution in [0.3, 0.4) is 0 Å². The van der Waals surface area contributed by atoms with Gasteiger partial charge in [-0.1, -0.05) is 49.4 Å². The minimum Gasteiger partial charge on any atom is -0.317 e. The number of hydrogen-bond donors (Lipinski definition) is 1. The van der Waals surface area contributed by atoms with Gasteiger partial charge in [-0.3, -0.25) is 9.36 Å². The largest absolute Gasteiger partial charge is 0.322 e. The van der Waals surface area contributed by atoms with Crippen molar-refractivity contribution in [3.63, 3.8) is 0 Å². The first-order valence-electron chi connectivity index (χ1n) is 10.4. The molecule has 0 aliphatic carbocycles. The molecule has 1 aromatic heterocycles. The van der Waals surface area contributed by atoms with E-state index >= 15 is 0 Å². The molecule has 4 rings (SSSR count). The summed E-state index contributed by atoms with van der Waals surface area (Å²) in [6.07, 6.45) is 0.581. The molecule has 2 amide bonds. The second-order valence-electron chi connectivity index (χ2n) is 7.41. The summed E-state index contributed by atoms with van der Waals surface area (Å²) in [5.41, 5.74) is 1.84. The normalized spacial score (nSPS) is 11.8. The van der Waals surface area contributed by atoms with Gasteiger partial charge >= 0.3 is 6.03 Å². The van der Waals surface area contributed by atoms with E-state index in [1.54, 1.807) is 22.6 Å². The number of aromatic nitrogens is 2. The summed E-state index contributed by atoms with van der Waals surface area (Å²) in [4.78, 5) is 33.0. The molecular weight excluding hydrogens is 468 g/mol. The van der Waals surface area contributed by atoms with Crippen LogP contribution < -0.4 is 10.9 Å². The zero-order valence-electron chi connectivity index (χ0n) is 17.8. The predicted molar refractivity (Wildman–Crippen MR) is 131 cm³/mol. The average molecular weight is 491 g/mol. The van der Waals surface area contributed by atoms with Gasteiger partial charge < -0.3 is 10.2 Å². The zero-order valence-corrected chi connectivity index (χ0v) is 19.4. The van der Waals surface area contributed by atoms with Crippen LogP contribution in [0.4, 0.5) is 10.5 Å². The van der Waals surface area contributed by atoms with Crippen LogP contribution >= 0.6 is 15.9 Å².